The van der Waals surface area contributed by atoms with E-state index in [4.69, 9.17) is 16.3 Å². The van der Waals surface area contributed by atoms with Gasteiger partial charge in [0.25, 0.3) is 0 Å². The van der Waals surface area contributed by atoms with Gasteiger partial charge in [0.1, 0.15) is 22.5 Å². The van der Waals surface area contributed by atoms with Crippen molar-refractivity contribution in [3.8, 4) is 5.75 Å². The topological polar surface area (TPSA) is 93.5 Å². The Morgan fingerprint density at radius 3 is 2.77 bits per heavy atom. The summed E-state index contributed by atoms with van der Waals surface area (Å²) in [5, 5.41) is 4.12. The second-order valence-electron chi connectivity index (χ2n) is 5.92. The largest absolute Gasteiger partial charge is 0.497 e. The van der Waals surface area contributed by atoms with Crippen molar-refractivity contribution in [2.45, 2.75) is 23.8 Å². The number of halogens is 1. The van der Waals surface area contributed by atoms with Gasteiger partial charge in [0.2, 0.25) is 15.9 Å². The molecule has 1 aliphatic heterocycles. The number of benzene rings is 1. The molecule has 0 spiro atoms. The van der Waals surface area contributed by atoms with Crippen molar-refractivity contribution in [2.24, 2.45) is 7.05 Å². The van der Waals surface area contributed by atoms with Gasteiger partial charge in [0.05, 0.1) is 18.3 Å². The zero-order valence-corrected chi connectivity index (χ0v) is 15.9. The number of nitrogens with one attached hydrogen (secondary N) is 1. The molecule has 2 aromatic rings. The van der Waals surface area contributed by atoms with Gasteiger partial charge < -0.3 is 4.74 Å². The number of aromatic nitrogens is 2. The number of ether oxygens (including phenoxy) is 1. The van der Waals surface area contributed by atoms with E-state index in [0.29, 0.717) is 31.0 Å². The van der Waals surface area contributed by atoms with Crippen LogP contribution in [0.3, 0.4) is 0 Å². The summed E-state index contributed by atoms with van der Waals surface area (Å²) >= 11 is 6.04. The van der Waals surface area contributed by atoms with Crippen LogP contribution in [0.1, 0.15) is 12.8 Å². The van der Waals surface area contributed by atoms with Crippen LogP contribution in [-0.4, -0.2) is 43.8 Å². The van der Waals surface area contributed by atoms with Gasteiger partial charge in [-0.3, -0.25) is 14.4 Å². The van der Waals surface area contributed by atoms with Crippen LogP contribution in [-0.2, 0) is 21.9 Å². The second kappa shape index (κ2) is 7.26. The number of sulfonamides is 1. The van der Waals surface area contributed by atoms with Gasteiger partial charge in [-0.2, -0.15) is 9.82 Å². The van der Waals surface area contributed by atoms with E-state index in [-0.39, 0.29) is 15.8 Å². The number of rotatable bonds is 5. The van der Waals surface area contributed by atoms with E-state index in [9.17, 15) is 13.2 Å². The van der Waals surface area contributed by atoms with E-state index >= 15 is 0 Å². The quantitative estimate of drug-likeness (QED) is 0.824. The minimum Gasteiger partial charge on any atom is -0.497 e. The Hall–Kier alpha value is -2.10. The predicted molar refractivity (Wildman–Crippen MR) is 96.9 cm³/mol. The summed E-state index contributed by atoms with van der Waals surface area (Å²) in [4.78, 5) is 14.2. The third-order valence-electron chi connectivity index (χ3n) is 4.24. The van der Waals surface area contributed by atoms with Crippen LogP contribution in [0.25, 0.3) is 0 Å². The average Bonchev–Trinajstić information content (AvgIpc) is 3.03. The average molecular weight is 399 g/mol. The van der Waals surface area contributed by atoms with Crippen molar-refractivity contribution < 1.29 is 17.9 Å². The molecule has 0 bridgehead atoms. The first-order valence-corrected chi connectivity index (χ1v) is 9.85. The highest BCUT2D eigenvalue weighted by molar-refractivity contribution is 7.89. The summed E-state index contributed by atoms with van der Waals surface area (Å²) in [7, 11) is -0.828. The summed E-state index contributed by atoms with van der Waals surface area (Å²) < 4.78 is 34.6. The fraction of sp³-hybridized carbons (Fsp3) is 0.375. The van der Waals surface area contributed by atoms with E-state index in [0.717, 1.165) is 0 Å². The molecule has 1 aliphatic rings. The highest BCUT2D eigenvalue weighted by Crippen LogP contribution is 2.27. The normalized spacial score (nSPS) is 18.2. The molecule has 1 atom stereocenters. The first-order valence-electron chi connectivity index (χ1n) is 7.99. The highest BCUT2D eigenvalue weighted by atomic mass is 35.5. The first-order chi connectivity index (χ1) is 12.3. The van der Waals surface area contributed by atoms with Crippen LogP contribution in [0, 0.1) is 0 Å². The Bertz CT molecular complexity index is 928. The predicted octanol–water partition coefficient (Wildman–Crippen LogP) is 1.56. The van der Waals surface area contributed by atoms with E-state index in [1.54, 1.807) is 30.1 Å². The Morgan fingerprint density at radius 2 is 2.12 bits per heavy atom. The van der Waals surface area contributed by atoms with Crippen molar-refractivity contribution in [2.75, 3.05) is 18.6 Å². The lowest BCUT2D eigenvalue weighted by Gasteiger charge is -2.32. The summed E-state index contributed by atoms with van der Waals surface area (Å²) in [6, 6.07) is 5.19. The lowest BCUT2D eigenvalue weighted by molar-refractivity contribution is -0.121. The van der Waals surface area contributed by atoms with E-state index in [2.05, 4.69) is 9.82 Å². The van der Waals surface area contributed by atoms with Gasteiger partial charge in [-0.25, -0.2) is 8.42 Å². The number of aryl methyl sites for hydroxylation is 1. The van der Waals surface area contributed by atoms with Gasteiger partial charge in [0.15, 0.2) is 0 Å². The fourth-order valence-corrected chi connectivity index (χ4v) is 4.65. The van der Waals surface area contributed by atoms with Gasteiger partial charge in [-0.05, 0) is 25.0 Å². The van der Waals surface area contributed by atoms with Gasteiger partial charge in [-0.15, -0.1) is 0 Å². The fourth-order valence-electron chi connectivity index (χ4n) is 2.91. The number of carbonyl (C=O) groups excluding carboxylic acids is 1. The first kappa shape index (κ1) is 18.7. The second-order valence-corrected chi connectivity index (χ2v) is 8.00. The van der Waals surface area contributed by atoms with Crippen molar-refractivity contribution in [1.29, 1.82) is 0 Å². The van der Waals surface area contributed by atoms with Crippen molar-refractivity contribution in [3.63, 3.8) is 0 Å². The van der Waals surface area contributed by atoms with Crippen molar-refractivity contribution in [1.82, 2.24) is 14.5 Å². The molecule has 1 aromatic heterocycles. The van der Waals surface area contributed by atoms with Crippen LogP contribution >= 0.6 is 11.6 Å². The Morgan fingerprint density at radius 1 is 1.35 bits per heavy atom. The molecule has 1 amide bonds. The minimum atomic E-state index is -3.99. The van der Waals surface area contributed by atoms with E-state index in [1.807, 2.05) is 0 Å². The molecule has 0 radical (unpaired) electrons. The number of amides is 1. The summed E-state index contributed by atoms with van der Waals surface area (Å²) in [6.07, 6.45) is 2.66. The standard InChI is InChI=1S/C16H19ClN4O4S/c1-20-15(7-8-18-20)21-9-3-4-13(16(21)22)19-26(23,24)14-10-11(25-2)5-6-12(14)17/h5-8,10,13,19H,3-4,9H2,1-2H3. The molecule has 1 N–H and O–H groups in total. The monoisotopic (exact) mass is 398 g/mol. The molecule has 0 aliphatic carbocycles. The molecule has 10 heteroatoms. The third kappa shape index (κ3) is 3.55. The van der Waals surface area contributed by atoms with Crippen LogP contribution < -0.4 is 14.4 Å². The third-order valence-corrected chi connectivity index (χ3v) is 6.19. The number of hydrogen-bond donors (Lipinski definition) is 1. The van der Waals surface area contributed by atoms with Crippen LogP contribution in [0.5, 0.6) is 5.75 Å². The van der Waals surface area contributed by atoms with Gasteiger partial charge in [0, 0.05) is 25.7 Å². The molecule has 1 fully saturated rings. The Balaban J connectivity index is 1.85. The summed E-state index contributed by atoms with van der Waals surface area (Å²) in [5.41, 5.74) is 0. The molecule has 8 nitrogen and oxygen atoms in total. The molecule has 1 saturated heterocycles. The van der Waals surface area contributed by atoms with Gasteiger partial charge >= 0.3 is 0 Å². The Kier molecular flexibility index (Phi) is 5.22. The van der Waals surface area contributed by atoms with Crippen molar-refractivity contribution in [3.05, 3.63) is 35.5 Å². The summed E-state index contributed by atoms with van der Waals surface area (Å²) in [6.45, 7) is 0.510. The maximum absolute atomic E-state index is 12.8. The number of methoxy groups -OCH3 is 1. The molecule has 1 unspecified atom stereocenters. The molecule has 26 heavy (non-hydrogen) atoms. The van der Waals surface area contributed by atoms with Crippen LogP contribution in [0.4, 0.5) is 5.82 Å². The zero-order valence-electron chi connectivity index (χ0n) is 14.3. The summed E-state index contributed by atoms with van der Waals surface area (Å²) in [5.74, 6) is 0.669. The highest BCUT2D eigenvalue weighted by Gasteiger charge is 2.34. The van der Waals surface area contributed by atoms with Gasteiger partial charge in [-0.1, -0.05) is 11.6 Å². The van der Waals surface area contributed by atoms with Crippen molar-refractivity contribution >= 4 is 33.3 Å². The van der Waals surface area contributed by atoms with E-state index in [1.165, 1.54) is 24.1 Å². The zero-order chi connectivity index (χ0) is 18.9. The SMILES string of the molecule is COc1ccc(Cl)c(S(=O)(=O)NC2CCCN(c3ccnn3C)C2=O)c1. The van der Waals surface area contributed by atoms with Crippen LogP contribution in [0.15, 0.2) is 35.4 Å². The number of anilines is 1. The number of carbonyl (C=O) groups is 1. The Labute approximate surface area is 156 Å². The molecule has 0 saturated carbocycles. The molecular formula is C16H19ClN4O4S. The van der Waals surface area contributed by atoms with E-state index < -0.39 is 16.1 Å². The maximum Gasteiger partial charge on any atom is 0.246 e. The number of nitrogens with zero attached hydrogens (tertiary/aromatic N) is 3. The molecular weight excluding hydrogens is 380 g/mol. The number of piperidine rings is 1. The number of hydrogen-bond acceptors (Lipinski definition) is 5. The molecule has 2 heterocycles. The lowest BCUT2D eigenvalue weighted by atomic mass is 10.1. The smallest absolute Gasteiger partial charge is 0.246 e. The molecule has 140 valence electrons. The minimum absolute atomic E-state index is 0.0602. The maximum atomic E-state index is 12.8. The molecule has 3 rings (SSSR count). The van der Waals surface area contributed by atoms with Crippen LogP contribution in [0.2, 0.25) is 5.02 Å². The molecule has 1 aromatic carbocycles. The lowest BCUT2D eigenvalue weighted by Crippen LogP contribution is -2.52.